The van der Waals surface area contributed by atoms with Crippen LogP contribution in [0.3, 0.4) is 0 Å². The number of urea groups is 1. The van der Waals surface area contributed by atoms with Crippen molar-refractivity contribution in [1.82, 2.24) is 20.3 Å². The van der Waals surface area contributed by atoms with Crippen LogP contribution < -0.4 is 10.6 Å². The van der Waals surface area contributed by atoms with Gasteiger partial charge in [0.15, 0.2) is 5.13 Å². The van der Waals surface area contributed by atoms with Crippen molar-refractivity contribution in [2.75, 3.05) is 11.9 Å². The van der Waals surface area contributed by atoms with E-state index >= 15 is 0 Å². The van der Waals surface area contributed by atoms with Gasteiger partial charge in [-0.05, 0) is 36.8 Å². The maximum Gasteiger partial charge on any atom is 0.321 e. The molecule has 0 saturated heterocycles. The molecule has 3 heterocycles. The number of nitrogens with one attached hydrogen (secondary N) is 3. The zero-order chi connectivity index (χ0) is 16.8. The van der Waals surface area contributed by atoms with Crippen molar-refractivity contribution in [3.05, 3.63) is 54.1 Å². The van der Waals surface area contributed by atoms with Gasteiger partial charge in [-0.3, -0.25) is 10.3 Å². The van der Waals surface area contributed by atoms with Crippen LogP contribution in [-0.2, 0) is 0 Å². The highest BCUT2D eigenvalue weighted by molar-refractivity contribution is 7.19. The van der Waals surface area contributed by atoms with Crippen LogP contribution >= 0.6 is 11.3 Å². The van der Waals surface area contributed by atoms with Gasteiger partial charge < -0.3 is 10.3 Å². The minimum atomic E-state index is -0.257. The Balaban J connectivity index is 1.90. The second kappa shape index (κ2) is 7.56. The lowest BCUT2D eigenvalue weighted by atomic mass is 10.2. The van der Waals surface area contributed by atoms with Crippen LogP contribution in [0.2, 0.25) is 0 Å². The number of anilines is 1. The number of hydrogen-bond donors (Lipinski definition) is 3. The highest BCUT2D eigenvalue weighted by atomic mass is 32.1. The predicted molar refractivity (Wildman–Crippen MR) is 97.8 cm³/mol. The summed E-state index contributed by atoms with van der Waals surface area (Å²) in [5, 5.41) is 6.01. The van der Waals surface area contributed by atoms with Gasteiger partial charge in [-0.2, -0.15) is 0 Å². The number of nitrogens with zero attached hydrogens (tertiary/aromatic N) is 2. The minimum Gasteiger partial charge on any atom is -0.360 e. The van der Waals surface area contributed by atoms with Crippen molar-refractivity contribution in [2.24, 2.45) is 0 Å². The zero-order valence-corrected chi connectivity index (χ0v) is 13.9. The lowest BCUT2D eigenvalue weighted by Crippen LogP contribution is -2.28. The number of aromatic nitrogens is 3. The number of carbonyl (C=O) groups is 1. The van der Waals surface area contributed by atoms with Gasteiger partial charge in [-0.1, -0.05) is 23.5 Å². The maximum atomic E-state index is 11.7. The van der Waals surface area contributed by atoms with E-state index in [0.717, 1.165) is 21.8 Å². The molecule has 6 nitrogen and oxygen atoms in total. The van der Waals surface area contributed by atoms with Gasteiger partial charge in [0.05, 0.1) is 16.3 Å². The van der Waals surface area contributed by atoms with Crippen molar-refractivity contribution in [2.45, 2.75) is 6.92 Å². The molecule has 7 heteroatoms. The Morgan fingerprint density at radius 1 is 1.33 bits per heavy atom. The third-order valence-corrected chi connectivity index (χ3v) is 4.19. The van der Waals surface area contributed by atoms with E-state index < -0.39 is 0 Å². The average molecular weight is 339 g/mol. The van der Waals surface area contributed by atoms with Crippen LogP contribution in [0.4, 0.5) is 9.93 Å². The van der Waals surface area contributed by atoms with Gasteiger partial charge in [0, 0.05) is 25.1 Å². The molecule has 0 saturated carbocycles. The standard InChI is InChI=1S/C17H17N5OS/c1-2-19-16(23)22-17-21-14(8-7-12-5-3-9-18-11-12)15(24-17)13-6-4-10-20-13/h3-11,20H,2H2,1H3,(H2,19,21,22,23)/b8-7+. The summed E-state index contributed by atoms with van der Waals surface area (Å²) in [5.41, 5.74) is 2.74. The highest BCUT2D eigenvalue weighted by Crippen LogP contribution is 2.33. The lowest BCUT2D eigenvalue weighted by molar-refractivity contribution is 0.252. The molecular weight excluding hydrogens is 322 g/mol. The smallest absolute Gasteiger partial charge is 0.321 e. The van der Waals surface area contributed by atoms with Gasteiger partial charge in [-0.25, -0.2) is 9.78 Å². The van der Waals surface area contributed by atoms with E-state index in [1.54, 1.807) is 12.4 Å². The Kier molecular flexibility index (Phi) is 5.02. The fourth-order valence-corrected chi connectivity index (χ4v) is 3.05. The average Bonchev–Trinajstić information content (AvgIpc) is 3.23. The first-order valence-corrected chi connectivity index (χ1v) is 8.35. The molecule has 0 aliphatic carbocycles. The molecular formula is C17H17N5OS. The Hall–Kier alpha value is -2.93. The molecule has 122 valence electrons. The molecule has 0 fully saturated rings. The minimum absolute atomic E-state index is 0.257. The van der Waals surface area contributed by atoms with Gasteiger partial charge in [0.25, 0.3) is 0 Å². The molecule has 0 aromatic carbocycles. The third-order valence-electron chi connectivity index (χ3n) is 3.17. The lowest BCUT2D eigenvalue weighted by Gasteiger charge is -2.00. The number of amides is 2. The summed E-state index contributed by atoms with van der Waals surface area (Å²) in [6.45, 7) is 2.43. The summed E-state index contributed by atoms with van der Waals surface area (Å²) in [6, 6.07) is 7.50. The van der Waals surface area contributed by atoms with E-state index in [-0.39, 0.29) is 6.03 Å². The summed E-state index contributed by atoms with van der Waals surface area (Å²) in [6.07, 6.45) is 9.25. The molecule has 3 N–H and O–H groups in total. The Morgan fingerprint density at radius 2 is 2.25 bits per heavy atom. The van der Waals surface area contributed by atoms with Crippen molar-refractivity contribution >= 4 is 34.7 Å². The third kappa shape index (κ3) is 3.88. The molecule has 0 unspecified atom stereocenters. The number of pyridine rings is 1. The molecule has 0 spiro atoms. The monoisotopic (exact) mass is 339 g/mol. The number of rotatable bonds is 5. The van der Waals surface area contributed by atoms with Gasteiger partial charge >= 0.3 is 6.03 Å². The van der Waals surface area contributed by atoms with Crippen LogP contribution in [0.15, 0.2) is 42.9 Å². The fourth-order valence-electron chi connectivity index (χ4n) is 2.11. The second-order valence-corrected chi connectivity index (χ2v) is 5.92. The highest BCUT2D eigenvalue weighted by Gasteiger charge is 2.13. The molecule has 0 aliphatic heterocycles. The van der Waals surface area contributed by atoms with E-state index in [0.29, 0.717) is 11.7 Å². The predicted octanol–water partition coefficient (Wildman–Crippen LogP) is 3.85. The topological polar surface area (TPSA) is 82.7 Å². The van der Waals surface area contributed by atoms with Gasteiger partial charge in [0.2, 0.25) is 0 Å². The Bertz CT molecular complexity index is 824. The van der Waals surface area contributed by atoms with Crippen molar-refractivity contribution in [1.29, 1.82) is 0 Å². The zero-order valence-electron chi connectivity index (χ0n) is 13.1. The summed E-state index contributed by atoms with van der Waals surface area (Å²) in [4.78, 5) is 24.5. The largest absolute Gasteiger partial charge is 0.360 e. The molecule has 0 radical (unpaired) electrons. The second-order valence-electron chi connectivity index (χ2n) is 4.92. The fraction of sp³-hybridized carbons (Fsp3) is 0.118. The quantitative estimate of drug-likeness (QED) is 0.660. The molecule has 0 aliphatic rings. The normalized spacial score (nSPS) is 10.9. The van der Waals surface area contributed by atoms with Gasteiger partial charge in [0.1, 0.15) is 0 Å². The molecule has 0 atom stereocenters. The van der Waals surface area contributed by atoms with E-state index in [1.807, 2.05) is 49.5 Å². The van der Waals surface area contributed by atoms with Crippen molar-refractivity contribution in [3.8, 4) is 10.6 Å². The van der Waals surface area contributed by atoms with Crippen molar-refractivity contribution < 1.29 is 4.79 Å². The first-order chi connectivity index (χ1) is 11.8. The van der Waals surface area contributed by atoms with Gasteiger partial charge in [-0.15, -0.1) is 0 Å². The summed E-state index contributed by atoms with van der Waals surface area (Å²) in [7, 11) is 0. The van der Waals surface area contributed by atoms with Crippen LogP contribution in [0.25, 0.3) is 22.7 Å². The maximum absolute atomic E-state index is 11.7. The van der Waals surface area contributed by atoms with E-state index in [9.17, 15) is 4.79 Å². The Morgan fingerprint density at radius 3 is 2.96 bits per heavy atom. The SMILES string of the molecule is CCNC(=O)Nc1nc(/C=C/c2cccnc2)c(-c2ccc[nH]2)s1. The Labute approximate surface area is 143 Å². The number of thiazole rings is 1. The molecule has 3 aromatic rings. The summed E-state index contributed by atoms with van der Waals surface area (Å²) < 4.78 is 0. The van der Waals surface area contributed by atoms with Crippen LogP contribution in [0.1, 0.15) is 18.2 Å². The first-order valence-electron chi connectivity index (χ1n) is 7.54. The number of carbonyl (C=O) groups excluding carboxylic acids is 1. The van der Waals surface area contributed by atoms with Crippen LogP contribution in [0, 0.1) is 0 Å². The van der Waals surface area contributed by atoms with E-state index in [1.165, 1.54) is 11.3 Å². The summed E-state index contributed by atoms with van der Waals surface area (Å²) in [5.74, 6) is 0. The first kappa shape index (κ1) is 15.9. The number of H-pyrrole nitrogens is 1. The van der Waals surface area contributed by atoms with E-state index in [4.69, 9.17) is 0 Å². The number of aromatic amines is 1. The molecule has 0 bridgehead atoms. The molecule has 3 rings (SSSR count). The van der Waals surface area contributed by atoms with Crippen LogP contribution in [0.5, 0.6) is 0 Å². The van der Waals surface area contributed by atoms with E-state index in [2.05, 4.69) is 25.6 Å². The molecule has 24 heavy (non-hydrogen) atoms. The summed E-state index contributed by atoms with van der Waals surface area (Å²) >= 11 is 1.43. The molecule has 3 aromatic heterocycles. The number of hydrogen-bond acceptors (Lipinski definition) is 4. The molecule has 2 amide bonds. The van der Waals surface area contributed by atoms with Crippen LogP contribution in [-0.4, -0.2) is 27.5 Å². The van der Waals surface area contributed by atoms with Crippen molar-refractivity contribution in [3.63, 3.8) is 0 Å².